The van der Waals surface area contributed by atoms with Gasteiger partial charge in [0.1, 0.15) is 0 Å². The van der Waals surface area contributed by atoms with Crippen LogP contribution in [0.4, 0.5) is 8.78 Å². The first-order chi connectivity index (χ1) is 6.49. The second-order valence-corrected chi connectivity index (χ2v) is 4.14. The fourth-order valence-corrected chi connectivity index (χ4v) is 2.15. The first-order valence-corrected chi connectivity index (χ1v) is 4.91. The summed E-state index contributed by atoms with van der Waals surface area (Å²) in [5, 5.41) is 2.96. The number of halogens is 2. The Morgan fingerprint density at radius 3 is 2.71 bits per heavy atom. The number of nitrogens with zero attached hydrogens (tertiary/aromatic N) is 1. The third-order valence-electron chi connectivity index (χ3n) is 3.04. The van der Waals surface area contributed by atoms with Crippen molar-refractivity contribution < 1.29 is 13.6 Å². The van der Waals surface area contributed by atoms with E-state index in [2.05, 4.69) is 5.32 Å². The van der Waals surface area contributed by atoms with Gasteiger partial charge in [0.25, 0.3) is 0 Å². The third-order valence-corrected chi connectivity index (χ3v) is 3.04. The molecule has 0 radical (unpaired) electrons. The van der Waals surface area contributed by atoms with Crippen LogP contribution in [0.25, 0.3) is 0 Å². The van der Waals surface area contributed by atoms with Gasteiger partial charge in [-0.15, -0.1) is 0 Å². The average molecular weight is 204 g/mol. The van der Waals surface area contributed by atoms with Crippen molar-refractivity contribution in [2.24, 2.45) is 0 Å². The molecule has 2 fully saturated rings. The number of hydrogen-bond acceptors (Lipinski definition) is 2. The molecule has 0 aromatic rings. The summed E-state index contributed by atoms with van der Waals surface area (Å²) >= 11 is 0. The maximum atomic E-state index is 12.9. The van der Waals surface area contributed by atoms with E-state index in [4.69, 9.17) is 0 Å². The molecule has 1 saturated carbocycles. The van der Waals surface area contributed by atoms with Crippen LogP contribution >= 0.6 is 0 Å². The highest BCUT2D eigenvalue weighted by Crippen LogP contribution is 2.37. The van der Waals surface area contributed by atoms with Gasteiger partial charge in [0, 0.05) is 18.9 Å². The molecular formula is C9H14F2N2O. The van der Waals surface area contributed by atoms with Gasteiger partial charge in [0.05, 0.1) is 12.7 Å². The zero-order valence-corrected chi connectivity index (χ0v) is 8.09. The lowest BCUT2D eigenvalue weighted by atomic mass is 10.2. The van der Waals surface area contributed by atoms with E-state index in [-0.39, 0.29) is 30.8 Å². The molecule has 0 bridgehead atoms. The van der Waals surface area contributed by atoms with Gasteiger partial charge in [-0.05, 0) is 13.3 Å². The Balaban J connectivity index is 2.01. The molecule has 1 saturated heterocycles. The van der Waals surface area contributed by atoms with Crippen molar-refractivity contribution in [3.05, 3.63) is 0 Å². The average Bonchev–Trinajstić information content (AvgIpc) is 2.59. The maximum absolute atomic E-state index is 12.9. The predicted molar refractivity (Wildman–Crippen MR) is 46.9 cm³/mol. The molecule has 14 heavy (non-hydrogen) atoms. The summed E-state index contributed by atoms with van der Waals surface area (Å²) in [6.45, 7) is 2.18. The lowest BCUT2D eigenvalue weighted by Crippen LogP contribution is -2.37. The van der Waals surface area contributed by atoms with E-state index in [1.165, 1.54) is 0 Å². The van der Waals surface area contributed by atoms with Gasteiger partial charge in [-0.3, -0.25) is 10.1 Å². The second-order valence-electron chi connectivity index (χ2n) is 4.14. The number of carbonyl (C=O) groups excluding carboxylic acids is 1. The van der Waals surface area contributed by atoms with E-state index >= 15 is 0 Å². The minimum Gasteiger partial charge on any atom is -0.325 e. The van der Waals surface area contributed by atoms with E-state index < -0.39 is 5.92 Å². The van der Waals surface area contributed by atoms with Gasteiger partial charge in [-0.25, -0.2) is 8.78 Å². The molecule has 1 heterocycles. The highest BCUT2D eigenvalue weighted by molar-refractivity contribution is 5.83. The smallest absolute Gasteiger partial charge is 0.250 e. The Kier molecular flexibility index (Phi) is 2.21. The van der Waals surface area contributed by atoms with Gasteiger partial charge < -0.3 is 4.90 Å². The molecule has 0 aromatic heterocycles. The number of rotatable bonds is 1. The number of amides is 1. The first-order valence-electron chi connectivity index (χ1n) is 4.91. The zero-order chi connectivity index (χ0) is 10.3. The van der Waals surface area contributed by atoms with Gasteiger partial charge >= 0.3 is 0 Å². The van der Waals surface area contributed by atoms with Crippen molar-refractivity contribution in [1.29, 1.82) is 0 Å². The largest absolute Gasteiger partial charge is 0.325 e. The molecule has 0 spiro atoms. The molecule has 3 nitrogen and oxygen atoms in total. The molecule has 2 rings (SSSR count). The number of carbonyl (C=O) groups is 1. The van der Waals surface area contributed by atoms with Crippen molar-refractivity contribution in [3.8, 4) is 0 Å². The maximum Gasteiger partial charge on any atom is 0.250 e. The highest BCUT2D eigenvalue weighted by atomic mass is 19.3. The van der Waals surface area contributed by atoms with Gasteiger partial charge in [0.2, 0.25) is 11.8 Å². The standard InChI is InChI=1S/C9H14F2N2O/c1-6-8(14)13(5-12-6)7-2-3-9(10,11)4-7/h6-7,12H,2-5H2,1H3. The summed E-state index contributed by atoms with van der Waals surface area (Å²) in [5.74, 6) is -2.62. The second kappa shape index (κ2) is 3.15. The quantitative estimate of drug-likeness (QED) is 0.689. The van der Waals surface area contributed by atoms with Crippen LogP contribution in [0.2, 0.25) is 0 Å². The highest BCUT2D eigenvalue weighted by Gasteiger charge is 2.45. The summed E-state index contributed by atoms with van der Waals surface area (Å²) in [4.78, 5) is 13.1. The number of hydrogen-bond donors (Lipinski definition) is 1. The number of alkyl halides is 2. The van der Waals surface area contributed by atoms with Crippen LogP contribution in [0.5, 0.6) is 0 Å². The fourth-order valence-electron chi connectivity index (χ4n) is 2.15. The normalized spacial score (nSPS) is 36.8. The lowest BCUT2D eigenvalue weighted by molar-refractivity contribution is -0.130. The molecule has 2 aliphatic rings. The van der Waals surface area contributed by atoms with Crippen molar-refractivity contribution in [2.75, 3.05) is 6.67 Å². The van der Waals surface area contributed by atoms with Crippen LogP contribution in [-0.2, 0) is 4.79 Å². The van der Waals surface area contributed by atoms with Crippen LogP contribution in [0.1, 0.15) is 26.2 Å². The Hall–Kier alpha value is -0.710. The Labute approximate surface area is 81.4 Å². The molecule has 1 aliphatic carbocycles. The van der Waals surface area contributed by atoms with E-state index in [9.17, 15) is 13.6 Å². The molecule has 2 unspecified atom stereocenters. The zero-order valence-electron chi connectivity index (χ0n) is 8.09. The molecule has 2 atom stereocenters. The van der Waals surface area contributed by atoms with Crippen LogP contribution in [-0.4, -0.2) is 35.5 Å². The molecule has 80 valence electrons. The summed E-state index contributed by atoms with van der Waals surface area (Å²) in [6, 6.07) is -0.487. The first kappa shape index (κ1) is 9.83. The summed E-state index contributed by atoms with van der Waals surface area (Å²) in [5.41, 5.74) is 0. The van der Waals surface area contributed by atoms with Crippen LogP contribution in [0.3, 0.4) is 0 Å². The van der Waals surface area contributed by atoms with Gasteiger partial charge in [-0.1, -0.05) is 0 Å². The lowest BCUT2D eigenvalue weighted by Gasteiger charge is -2.22. The summed E-state index contributed by atoms with van der Waals surface area (Å²) < 4.78 is 25.8. The summed E-state index contributed by atoms with van der Waals surface area (Å²) in [6.07, 6.45) is 0.163. The fraction of sp³-hybridized carbons (Fsp3) is 0.889. The van der Waals surface area contributed by atoms with Crippen molar-refractivity contribution >= 4 is 5.91 Å². The van der Waals surface area contributed by atoms with Crippen molar-refractivity contribution in [2.45, 2.75) is 44.2 Å². The van der Waals surface area contributed by atoms with Crippen molar-refractivity contribution in [3.63, 3.8) is 0 Å². The van der Waals surface area contributed by atoms with Crippen LogP contribution in [0, 0.1) is 0 Å². The molecule has 1 aliphatic heterocycles. The Morgan fingerprint density at radius 1 is 1.57 bits per heavy atom. The minimum absolute atomic E-state index is 0.0484. The van der Waals surface area contributed by atoms with Gasteiger partial charge in [-0.2, -0.15) is 0 Å². The molecule has 5 heteroatoms. The molecular weight excluding hydrogens is 190 g/mol. The Bertz CT molecular complexity index is 257. The number of nitrogens with one attached hydrogen (secondary N) is 1. The van der Waals surface area contributed by atoms with E-state index in [0.29, 0.717) is 13.1 Å². The summed E-state index contributed by atoms with van der Waals surface area (Å²) in [7, 11) is 0. The van der Waals surface area contributed by atoms with Crippen molar-refractivity contribution in [1.82, 2.24) is 10.2 Å². The van der Waals surface area contributed by atoms with Gasteiger partial charge in [0.15, 0.2) is 0 Å². The van der Waals surface area contributed by atoms with Crippen LogP contribution in [0.15, 0.2) is 0 Å². The minimum atomic E-state index is -2.57. The van der Waals surface area contributed by atoms with E-state index in [1.807, 2.05) is 0 Å². The molecule has 0 aromatic carbocycles. The molecule has 1 N–H and O–H groups in total. The molecule has 1 amide bonds. The predicted octanol–water partition coefficient (Wildman–Crippen LogP) is 0.952. The third kappa shape index (κ3) is 1.61. The SMILES string of the molecule is CC1NCN(C2CCC(F)(F)C2)C1=O. The monoisotopic (exact) mass is 204 g/mol. The van der Waals surface area contributed by atoms with E-state index in [0.717, 1.165) is 0 Å². The Morgan fingerprint density at radius 2 is 2.29 bits per heavy atom. The van der Waals surface area contributed by atoms with E-state index in [1.54, 1.807) is 11.8 Å². The van der Waals surface area contributed by atoms with Crippen LogP contribution < -0.4 is 5.32 Å². The topological polar surface area (TPSA) is 32.3 Å².